The predicted molar refractivity (Wildman–Crippen MR) is 142 cm³/mol. The standard InChI is InChI=1S/C29H41N3O5/c1-18-14-19(2)16-20(15-18)24-23(12-13-33)25(30-32(24)27(35)37-28(3,4)5)36-17-29(6,7)26(34)31-21-8-9-22(31)11-10-21/h14-16,21-22,33H,8-13,17H2,1-7H3. The molecular formula is C29H41N3O5. The molecule has 0 radical (unpaired) electrons. The van der Waals surface area contributed by atoms with Crippen LogP contribution in [0.3, 0.4) is 0 Å². The summed E-state index contributed by atoms with van der Waals surface area (Å²) >= 11 is 0. The van der Waals surface area contributed by atoms with E-state index in [9.17, 15) is 14.7 Å². The average Bonchev–Trinajstić information content (AvgIpc) is 3.48. The third-order valence-electron chi connectivity index (χ3n) is 7.21. The van der Waals surface area contributed by atoms with Crippen LogP contribution in [-0.2, 0) is 16.0 Å². The van der Waals surface area contributed by atoms with Crippen molar-refractivity contribution in [1.29, 1.82) is 0 Å². The first kappa shape index (κ1) is 27.2. The van der Waals surface area contributed by atoms with E-state index in [1.165, 1.54) is 4.68 Å². The van der Waals surface area contributed by atoms with Gasteiger partial charge < -0.3 is 19.5 Å². The van der Waals surface area contributed by atoms with Crippen LogP contribution >= 0.6 is 0 Å². The van der Waals surface area contributed by atoms with Crippen molar-refractivity contribution in [2.45, 2.75) is 98.3 Å². The zero-order valence-electron chi connectivity index (χ0n) is 23.3. The Bertz CT molecular complexity index is 1140. The van der Waals surface area contributed by atoms with Crippen LogP contribution in [0.2, 0.25) is 0 Å². The summed E-state index contributed by atoms with van der Waals surface area (Å²) in [4.78, 5) is 28.8. The number of aryl methyl sites for hydroxylation is 2. The smallest absolute Gasteiger partial charge is 0.435 e. The molecule has 1 amide bonds. The average molecular weight is 512 g/mol. The number of benzene rings is 1. The largest absolute Gasteiger partial charge is 0.475 e. The van der Waals surface area contributed by atoms with Crippen molar-refractivity contribution in [3.63, 3.8) is 0 Å². The topological polar surface area (TPSA) is 93.9 Å². The molecule has 2 bridgehead atoms. The van der Waals surface area contributed by atoms with Crippen LogP contribution in [0.25, 0.3) is 11.3 Å². The predicted octanol–water partition coefficient (Wildman–Crippen LogP) is 5.04. The van der Waals surface area contributed by atoms with Crippen LogP contribution in [0, 0.1) is 19.3 Å². The summed E-state index contributed by atoms with van der Waals surface area (Å²) in [6.07, 6.45) is 3.92. The van der Waals surface area contributed by atoms with Crippen LogP contribution < -0.4 is 4.74 Å². The molecule has 1 aromatic carbocycles. The Morgan fingerprint density at radius 2 is 1.57 bits per heavy atom. The van der Waals surface area contributed by atoms with E-state index in [1.54, 1.807) is 20.8 Å². The fourth-order valence-corrected chi connectivity index (χ4v) is 5.63. The van der Waals surface area contributed by atoms with E-state index in [4.69, 9.17) is 9.47 Å². The Balaban J connectivity index is 1.70. The molecule has 8 nitrogen and oxygen atoms in total. The number of fused-ring (bicyclic) bond motifs is 2. The zero-order chi connectivity index (χ0) is 27.1. The van der Waals surface area contributed by atoms with Crippen molar-refractivity contribution in [3.8, 4) is 17.1 Å². The van der Waals surface area contributed by atoms with Crippen molar-refractivity contribution in [3.05, 3.63) is 34.9 Å². The minimum atomic E-state index is -0.766. The van der Waals surface area contributed by atoms with Gasteiger partial charge in [-0.1, -0.05) is 17.2 Å². The first-order valence-electron chi connectivity index (χ1n) is 13.3. The Morgan fingerprint density at radius 3 is 2.08 bits per heavy atom. The van der Waals surface area contributed by atoms with Crippen LogP contribution in [0.15, 0.2) is 18.2 Å². The lowest BCUT2D eigenvalue weighted by atomic mass is 9.92. The van der Waals surface area contributed by atoms with E-state index in [-0.39, 0.29) is 31.4 Å². The number of hydrogen-bond acceptors (Lipinski definition) is 6. The van der Waals surface area contributed by atoms with Crippen molar-refractivity contribution >= 4 is 12.0 Å². The quantitative estimate of drug-likeness (QED) is 0.560. The maximum atomic E-state index is 13.5. The summed E-state index contributed by atoms with van der Waals surface area (Å²) in [6.45, 7) is 13.2. The summed E-state index contributed by atoms with van der Waals surface area (Å²) in [7, 11) is 0. The maximum absolute atomic E-state index is 13.5. The molecule has 0 unspecified atom stereocenters. The van der Waals surface area contributed by atoms with E-state index in [0.717, 1.165) is 42.4 Å². The second kappa shape index (κ2) is 10.1. The van der Waals surface area contributed by atoms with Gasteiger partial charge in [0.05, 0.1) is 11.1 Å². The van der Waals surface area contributed by atoms with Gasteiger partial charge in [0, 0.05) is 36.2 Å². The molecule has 1 aromatic heterocycles. The molecule has 3 heterocycles. The molecule has 0 saturated carbocycles. The second-order valence-corrected chi connectivity index (χ2v) is 12.2. The molecule has 2 aliphatic heterocycles. The number of hydrogen-bond donors (Lipinski definition) is 1. The number of ether oxygens (including phenoxy) is 2. The highest BCUT2D eigenvalue weighted by molar-refractivity contribution is 5.83. The van der Waals surface area contributed by atoms with E-state index in [1.807, 2.05) is 39.8 Å². The van der Waals surface area contributed by atoms with Gasteiger partial charge in [0.1, 0.15) is 12.2 Å². The molecule has 8 heteroatoms. The van der Waals surface area contributed by atoms with Crippen molar-refractivity contribution in [1.82, 2.24) is 14.7 Å². The lowest BCUT2D eigenvalue weighted by Crippen LogP contribution is -2.46. The molecule has 2 saturated heterocycles. The first-order valence-corrected chi connectivity index (χ1v) is 13.3. The number of carbonyl (C=O) groups excluding carboxylic acids is 2. The van der Waals surface area contributed by atoms with Gasteiger partial charge in [0.15, 0.2) is 0 Å². The van der Waals surface area contributed by atoms with Crippen LogP contribution in [-0.4, -0.2) is 62.7 Å². The summed E-state index contributed by atoms with van der Waals surface area (Å²) < 4.78 is 13.1. The van der Waals surface area contributed by atoms with Gasteiger partial charge in [0.2, 0.25) is 11.8 Å². The minimum Gasteiger partial charge on any atom is -0.475 e. The lowest BCUT2D eigenvalue weighted by molar-refractivity contribution is -0.143. The lowest BCUT2D eigenvalue weighted by Gasteiger charge is -2.32. The highest BCUT2D eigenvalue weighted by Gasteiger charge is 2.46. The molecule has 2 aromatic rings. The third-order valence-corrected chi connectivity index (χ3v) is 7.21. The highest BCUT2D eigenvalue weighted by atomic mass is 16.6. The summed E-state index contributed by atoms with van der Waals surface area (Å²) in [5.74, 6) is 0.335. The van der Waals surface area contributed by atoms with Crippen LogP contribution in [0.5, 0.6) is 5.88 Å². The fourth-order valence-electron chi connectivity index (χ4n) is 5.63. The third kappa shape index (κ3) is 5.69. The molecule has 0 spiro atoms. The summed E-state index contributed by atoms with van der Waals surface area (Å²) in [5.41, 5.74) is 2.53. The van der Waals surface area contributed by atoms with Gasteiger partial charge in [-0.25, -0.2) is 4.79 Å². The van der Waals surface area contributed by atoms with Gasteiger partial charge in [0.25, 0.3) is 0 Å². The first-order chi connectivity index (χ1) is 17.3. The number of rotatable bonds is 7. The SMILES string of the molecule is Cc1cc(C)cc(-c2c(CCO)c(OCC(C)(C)C(=O)N3C4CCC3CC4)nn2C(=O)OC(C)(C)C)c1. The summed E-state index contributed by atoms with van der Waals surface area (Å²) in [6, 6.07) is 6.69. The number of amides is 1. The minimum absolute atomic E-state index is 0.0994. The molecule has 4 rings (SSSR count). The maximum Gasteiger partial charge on any atom is 0.435 e. The number of aliphatic hydroxyl groups excluding tert-OH is 1. The van der Waals surface area contributed by atoms with Crippen molar-refractivity contribution in [2.24, 2.45) is 5.41 Å². The molecule has 202 valence electrons. The van der Waals surface area contributed by atoms with Gasteiger partial charge >= 0.3 is 6.09 Å². The van der Waals surface area contributed by atoms with Crippen LogP contribution in [0.1, 0.15) is 77.0 Å². The monoisotopic (exact) mass is 511 g/mol. The molecule has 2 aliphatic rings. The van der Waals surface area contributed by atoms with Crippen molar-refractivity contribution < 1.29 is 24.2 Å². The summed E-state index contributed by atoms with van der Waals surface area (Å²) in [5, 5.41) is 14.4. The second-order valence-electron chi connectivity index (χ2n) is 12.2. The Labute approximate surface area is 219 Å². The van der Waals surface area contributed by atoms with Gasteiger partial charge in [-0.3, -0.25) is 4.79 Å². The molecule has 0 aliphatic carbocycles. The molecular weight excluding hydrogens is 470 g/mol. The zero-order valence-corrected chi connectivity index (χ0v) is 23.3. The fraction of sp³-hybridized carbons (Fsp3) is 0.621. The number of aromatic nitrogens is 2. The van der Waals surface area contributed by atoms with E-state index >= 15 is 0 Å². The number of nitrogens with zero attached hydrogens (tertiary/aromatic N) is 3. The Kier molecular flexibility index (Phi) is 7.43. The Morgan fingerprint density at radius 1 is 1.00 bits per heavy atom. The van der Waals surface area contributed by atoms with E-state index < -0.39 is 17.1 Å². The van der Waals surface area contributed by atoms with Gasteiger partial charge in [-0.2, -0.15) is 4.68 Å². The van der Waals surface area contributed by atoms with Crippen molar-refractivity contribution in [2.75, 3.05) is 13.2 Å². The van der Waals surface area contributed by atoms with Gasteiger partial charge in [-0.15, -0.1) is 5.10 Å². The van der Waals surface area contributed by atoms with Crippen LogP contribution in [0.4, 0.5) is 4.79 Å². The molecule has 0 atom stereocenters. The van der Waals surface area contributed by atoms with E-state index in [0.29, 0.717) is 23.3 Å². The van der Waals surface area contributed by atoms with E-state index in [2.05, 4.69) is 16.1 Å². The highest BCUT2D eigenvalue weighted by Crippen LogP contribution is 2.40. The molecule has 1 N–H and O–H groups in total. The normalized spacial score (nSPS) is 19.4. The number of carbonyl (C=O) groups is 2. The number of aliphatic hydroxyl groups is 1. The molecule has 2 fully saturated rings. The Hall–Kier alpha value is -2.87. The van der Waals surface area contributed by atoms with Gasteiger partial charge in [-0.05, 0) is 86.3 Å². The molecule has 37 heavy (non-hydrogen) atoms.